The van der Waals surface area contributed by atoms with Crippen molar-refractivity contribution in [3.05, 3.63) is 30.3 Å². The van der Waals surface area contributed by atoms with Gasteiger partial charge in [0.1, 0.15) is 6.73 Å². The van der Waals surface area contributed by atoms with Gasteiger partial charge in [-0.25, -0.2) is 0 Å². The zero-order valence-corrected chi connectivity index (χ0v) is 9.07. The first-order valence-corrected chi connectivity index (χ1v) is 5.18. The summed E-state index contributed by atoms with van der Waals surface area (Å²) in [5, 5.41) is 0. The number of unbranched alkanes of at least 4 members (excludes halogenated alkanes) is 1. The van der Waals surface area contributed by atoms with E-state index in [2.05, 4.69) is 24.0 Å². The number of anilines is 1. The molecule has 78 valence electrons. The summed E-state index contributed by atoms with van der Waals surface area (Å²) >= 11 is 0. The van der Waals surface area contributed by atoms with Crippen LogP contribution in [0.4, 0.5) is 5.69 Å². The minimum absolute atomic E-state index is 0.671. The number of para-hydroxylation sites is 1. The summed E-state index contributed by atoms with van der Waals surface area (Å²) in [5.41, 5.74) is 1.20. The van der Waals surface area contributed by atoms with Crippen LogP contribution in [0.5, 0.6) is 0 Å². The Kier molecular flexibility index (Phi) is 5.08. The molecule has 0 unspecified atom stereocenters. The van der Waals surface area contributed by atoms with Crippen LogP contribution in [0.2, 0.25) is 0 Å². The van der Waals surface area contributed by atoms with Crippen LogP contribution in [-0.2, 0) is 4.74 Å². The Bertz CT molecular complexity index is 235. The van der Waals surface area contributed by atoms with E-state index in [1.54, 1.807) is 0 Å². The second kappa shape index (κ2) is 6.44. The molecular formula is C12H19NO. The molecule has 0 radical (unpaired) electrons. The molecule has 14 heavy (non-hydrogen) atoms. The molecule has 0 aliphatic carbocycles. The fourth-order valence-corrected chi connectivity index (χ4v) is 1.20. The standard InChI is InChI=1S/C12H19NO/c1-3-4-10-14-11-13(2)12-8-6-5-7-9-12/h5-9H,3-4,10-11H2,1-2H3. The number of nitrogens with zero attached hydrogens (tertiary/aromatic N) is 1. The first-order valence-electron chi connectivity index (χ1n) is 5.18. The summed E-state index contributed by atoms with van der Waals surface area (Å²) in [6, 6.07) is 10.3. The molecule has 2 nitrogen and oxygen atoms in total. The SMILES string of the molecule is CCCCOCN(C)c1ccccc1. The quantitative estimate of drug-likeness (QED) is 0.509. The predicted molar refractivity (Wildman–Crippen MR) is 60.6 cm³/mol. The zero-order chi connectivity index (χ0) is 10.2. The molecule has 2 heteroatoms. The van der Waals surface area contributed by atoms with Crippen molar-refractivity contribution in [2.45, 2.75) is 19.8 Å². The molecule has 0 aliphatic rings. The zero-order valence-electron chi connectivity index (χ0n) is 9.07. The summed E-state index contributed by atoms with van der Waals surface area (Å²) in [6.45, 7) is 3.70. The van der Waals surface area contributed by atoms with Gasteiger partial charge in [0.05, 0.1) is 0 Å². The van der Waals surface area contributed by atoms with E-state index in [0.717, 1.165) is 13.0 Å². The Morgan fingerprint density at radius 2 is 1.93 bits per heavy atom. The van der Waals surface area contributed by atoms with E-state index in [1.807, 2.05) is 25.2 Å². The Morgan fingerprint density at radius 1 is 1.21 bits per heavy atom. The maximum absolute atomic E-state index is 5.52. The number of ether oxygens (including phenoxy) is 1. The first kappa shape index (κ1) is 11.1. The summed E-state index contributed by atoms with van der Waals surface area (Å²) in [4.78, 5) is 2.11. The predicted octanol–water partition coefficient (Wildman–Crippen LogP) is 2.90. The highest BCUT2D eigenvalue weighted by Crippen LogP contribution is 2.10. The topological polar surface area (TPSA) is 12.5 Å². The van der Waals surface area contributed by atoms with Gasteiger partial charge in [-0.15, -0.1) is 0 Å². The maximum Gasteiger partial charge on any atom is 0.118 e. The van der Waals surface area contributed by atoms with Crippen molar-refractivity contribution in [2.24, 2.45) is 0 Å². The van der Waals surface area contributed by atoms with Gasteiger partial charge >= 0.3 is 0 Å². The molecule has 0 aromatic heterocycles. The molecule has 0 amide bonds. The maximum atomic E-state index is 5.52. The van der Waals surface area contributed by atoms with E-state index in [-0.39, 0.29) is 0 Å². The van der Waals surface area contributed by atoms with Crippen LogP contribution in [-0.4, -0.2) is 20.4 Å². The van der Waals surface area contributed by atoms with Gasteiger partial charge in [-0.2, -0.15) is 0 Å². The third-order valence-corrected chi connectivity index (χ3v) is 2.12. The van der Waals surface area contributed by atoms with Gasteiger partial charge in [-0.1, -0.05) is 31.5 Å². The Hall–Kier alpha value is -1.02. The molecule has 0 spiro atoms. The molecular weight excluding hydrogens is 174 g/mol. The van der Waals surface area contributed by atoms with Crippen molar-refractivity contribution >= 4 is 5.69 Å². The molecule has 0 fully saturated rings. The lowest BCUT2D eigenvalue weighted by Gasteiger charge is -2.18. The van der Waals surface area contributed by atoms with Crippen LogP contribution in [0, 0.1) is 0 Å². The summed E-state index contributed by atoms with van der Waals surface area (Å²) < 4.78 is 5.52. The number of hydrogen-bond acceptors (Lipinski definition) is 2. The largest absolute Gasteiger partial charge is 0.361 e. The van der Waals surface area contributed by atoms with Gasteiger partial charge in [-0.05, 0) is 18.6 Å². The normalized spacial score (nSPS) is 10.1. The minimum Gasteiger partial charge on any atom is -0.361 e. The van der Waals surface area contributed by atoms with Gasteiger partial charge in [-0.3, -0.25) is 0 Å². The third kappa shape index (κ3) is 3.79. The molecule has 0 atom stereocenters. The molecule has 0 heterocycles. The average molecular weight is 193 g/mol. The number of benzene rings is 1. The van der Waals surface area contributed by atoms with E-state index in [9.17, 15) is 0 Å². The molecule has 0 bridgehead atoms. The summed E-state index contributed by atoms with van der Waals surface area (Å²) in [5.74, 6) is 0. The highest BCUT2D eigenvalue weighted by molar-refractivity contribution is 5.44. The van der Waals surface area contributed by atoms with Crippen LogP contribution in [0.25, 0.3) is 0 Å². The molecule has 1 aromatic rings. The first-order chi connectivity index (χ1) is 6.84. The van der Waals surface area contributed by atoms with Gasteiger partial charge in [0.15, 0.2) is 0 Å². The Labute approximate surface area is 86.5 Å². The molecule has 1 rings (SSSR count). The number of hydrogen-bond donors (Lipinski definition) is 0. The summed E-state index contributed by atoms with van der Waals surface area (Å²) in [7, 11) is 2.04. The van der Waals surface area contributed by atoms with Crippen LogP contribution >= 0.6 is 0 Å². The van der Waals surface area contributed by atoms with E-state index in [4.69, 9.17) is 4.74 Å². The average Bonchev–Trinajstić information content (AvgIpc) is 2.25. The lowest BCUT2D eigenvalue weighted by atomic mass is 10.3. The molecule has 0 N–H and O–H groups in total. The van der Waals surface area contributed by atoms with Crippen LogP contribution in [0.3, 0.4) is 0 Å². The molecule has 0 aliphatic heterocycles. The third-order valence-electron chi connectivity index (χ3n) is 2.12. The molecule has 0 saturated carbocycles. The van der Waals surface area contributed by atoms with Crippen LogP contribution in [0.1, 0.15) is 19.8 Å². The number of rotatable bonds is 6. The Balaban J connectivity index is 2.25. The second-order valence-electron chi connectivity index (χ2n) is 3.42. The fourth-order valence-electron chi connectivity index (χ4n) is 1.20. The van der Waals surface area contributed by atoms with Crippen molar-refractivity contribution in [2.75, 3.05) is 25.3 Å². The smallest absolute Gasteiger partial charge is 0.118 e. The monoisotopic (exact) mass is 193 g/mol. The van der Waals surface area contributed by atoms with Crippen molar-refractivity contribution in [1.82, 2.24) is 0 Å². The van der Waals surface area contributed by atoms with Crippen molar-refractivity contribution in [3.63, 3.8) is 0 Å². The Morgan fingerprint density at radius 3 is 2.57 bits per heavy atom. The lowest BCUT2D eigenvalue weighted by molar-refractivity contribution is 0.134. The van der Waals surface area contributed by atoms with E-state index in [0.29, 0.717) is 6.73 Å². The van der Waals surface area contributed by atoms with Gasteiger partial charge in [0.25, 0.3) is 0 Å². The van der Waals surface area contributed by atoms with E-state index >= 15 is 0 Å². The molecule has 0 saturated heterocycles. The minimum atomic E-state index is 0.671. The van der Waals surface area contributed by atoms with Gasteiger partial charge in [0, 0.05) is 19.3 Å². The van der Waals surface area contributed by atoms with Crippen molar-refractivity contribution < 1.29 is 4.74 Å². The van der Waals surface area contributed by atoms with Gasteiger partial charge in [0.2, 0.25) is 0 Å². The van der Waals surface area contributed by atoms with Crippen molar-refractivity contribution in [1.29, 1.82) is 0 Å². The lowest BCUT2D eigenvalue weighted by Crippen LogP contribution is -2.21. The highest BCUT2D eigenvalue weighted by atomic mass is 16.5. The highest BCUT2D eigenvalue weighted by Gasteiger charge is 1.97. The van der Waals surface area contributed by atoms with Crippen LogP contribution in [0.15, 0.2) is 30.3 Å². The van der Waals surface area contributed by atoms with Crippen LogP contribution < -0.4 is 4.90 Å². The second-order valence-corrected chi connectivity index (χ2v) is 3.42. The summed E-state index contributed by atoms with van der Waals surface area (Å²) in [6.07, 6.45) is 2.33. The fraction of sp³-hybridized carbons (Fsp3) is 0.500. The van der Waals surface area contributed by atoms with Crippen molar-refractivity contribution in [3.8, 4) is 0 Å². The van der Waals surface area contributed by atoms with Gasteiger partial charge < -0.3 is 9.64 Å². The van der Waals surface area contributed by atoms with E-state index in [1.165, 1.54) is 12.1 Å². The van der Waals surface area contributed by atoms with E-state index < -0.39 is 0 Å². The molecule has 1 aromatic carbocycles.